The van der Waals surface area contributed by atoms with Gasteiger partial charge < -0.3 is 5.11 Å². The van der Waals surface area contributed by atoms with Crippen molar-refractivity contribution in [3.05, 3.63) is 29.3 Å². The van der Waals surface area contributed by atoms with Gasteiger partial charge in [-0.3, -0.25) is 4.90 Å². The van der Waals surface area contributed by atoms with E-state index in [2.05, 4.69) is 0 Å². The van der Waals surface area contributed by atoms with Gasteiger partial charge in [-0.1, -0.05) is 6.92 Å². The number of hydrogen-bond donors (Lipinski definition) is 1. The molecule has 0 aromatic heterocycles. The highest BCUT2D eigenvalue weighted by Gasteiger charge is 2.30. The lowest BCUT2D eigenvalue weighted by atomic mass is 10.2. The van der Waals surface area contributed by atoms with E-state index in [1.807, 2.05) is 0 Å². The third-order valence-corrected chi connectivity index (χ3v) is 2.43. The number of phenols is 1. The van der Waals surface area contributed by atoms with E-state index in [0.717, 1.165) is 17.0 Å². The van der Waals surface area contributed by atoms with E-state index in [1.54, 1.807) is 6.92 Å². The zero-order chi connectivity index (χ0) is 14.6. The topological polar surface area (TPSA) is 23.5 Å². The summed E-state index contributed by atoms with van der Waals surface area (Å²) >= 11 is 0. The van der Waals surface area contributed by atoms with Crippen LogP contribution in [0, 0.1) is 11.6 Å². The van der Waals surface area contributed by atoms with Crippen LogP contribution in [-0.4, -0.2) is 29.3 Å². The van der Waals surface area contributed by atoms with Crippen molar-refractivity contribution in [2.75, 3.05) is 13.1 Å². The van der Waals surface area contributed by atoms with Crippen LogP contribution in [0.5, 0.6) is 5.75 Å². The molecule has 0 aliphatic rings. The number of halogens is 5. The molecule has 108 valence electrons. The lowest BCUT2D eigenvalue weighted by molar-refractivity contribution is -0.147. The summed E-state index contributed by atoms with van der Waals surface area (Å²) in [7, 11) is 0. The van der Waals surface area contributed by atoms with E-state index in [0.29, 0.717) is 6.42 Å². The summed E-state index contributed by atoms with van der Waals surface area (Å²) in [5, 5.41) is 8.91. The van der Waals surface area contributed by atoms with Gasteiger partial charge in [0.1, 0.15) is 0 Å². The minimum absolute atomic E-state index is 0.0468. The van der Waals surface area contributed by atoms with Crippen molar-refractivity contribution >= 4 is 0 Å². The summed E-state index contributed by atoms with van der Waals surface area (Å²) in [6.45, 7) is 0.484. The Hall–Kier alpha value is -1.37. The van der Waals surface area contributed by atoms with Gasteiger partial charge in [0.05, 0.1) is 6.54 Å². The number of aromatic hydroxyl groups is 1. The Morgan fingerprint density at radius 3 is 2.11 bits per heavy atom. The van der Waals surface area contributed by atoms with Crippen molar-refractivity contribution in [2.45, 2.75) is 26.1 Å². The van der Waals surface area contributed by atoms with E-state index in [-0.39, 0.29) is 18.7 Å². The molecule has 0 unspecified atom stereocenters. The molecule has 0 saturated carbocycles. The predicted octanol–water partition coefficient (Wildman–Crippen LogP) is 3.44. The molecule has 1 aromatic rings. The fraction of sp³-hybridized carbons (Fsp3) is 0.500. The Labute approximate surface area is 107 Å². The number of hydrogen-bond acceptors (Lipinski definition) is 2. The molecule has 0 saturated heterocycles. The van der Waals surface area contributed by atoms with Crippen LogP contribution in [0.3, 0.4) is 0 Å². The molecule has 0 atom stereocenters. The Morgan fingerprint density at radius 2 is 1.68 bits per heavy atom. The van der Waals surface area contributed by atoms with E-state index in [9.17, 15) is 22.0 Å². The van der Waals surface area contributed by atoms with Gasteiger partial charge in [0.25, 0.3) is 0 Å². The highest BCUT2D eigenvalue weighted by atomic mass is 19.4. The molecule has 2 nitrogen and oxygen atoms in total. The fourth-order valence-electron chi connectivity index (χ4n) is 1.75. The molecule has 0 aliphatic heterocycles. The molecule has 0 aliphatic carbocycles. The summed E-state index contributed by atoms with van der Waals surface area (Å²) in [5.74, 6) is -3.49. The van der Waals surface area contributed by atoms with Crippen molar-refractivity contribution in [3.8, 4) is 5.75 Å². The van der Waals surface area contributed by atoms with Crippen molar-refractivity contribution in [3.63, 3.8) is 0 Å². The summed E-state index contributed by atoms with van der Waals surface area (Å²) in [5.41, 5.74) is 0.0468. The molecule has 0 fully saturated rings. The molecule has 0 radical (unpaired) electrons. The second kappa shape index (κ2) is 6.18. The van der Waals surface area contributed by atoms with Crippen LogP contribution in [0.15, 0.2) is 12.1 Å². The smallest absolute Gasteiger partial charge is 0.401 e. The largest absolute Gasteiger partial charge is 0.503 e. The minimum atomic E-state index is -4.37. The Bertz CT molecular complexity index is 410. The molecular weight excluding hydrogens is 269 g/mol. The Kier molecular flexibility index (Phi) is 5.11. The van der Waals surface area contributed by atoms with E-state index >= 15 is 0 Å². The van der Waals surface area contributed by atoms with Gasteiger partial charge in [-0.15, -0.1) is 0 Å². The summed E-state index contributed by atoms with van der Waals surface area (Å²) < 4.78 is 63.1. The lowest BCUT2D eigenvalue weighted by Crippen LogP contribution is -2.34. The van der Waals surface area contributed by atoms with Crippen molar-refractivity contribution in [1.29, 1.82) is 0 Å². The number of rotatable bonds is 5. The number of alkyl halides is 3. The van der Waals surface area contributed by atoms with Crippen LogP contribution in [-0.2, 0) is 6.54 Å². The van der Waals surface area contributed by atoms with Gasteiger partial charge >= 0.3 is 6.18 Å². The maximum atomic E-state index is 13.1. The average Bonchev–Trinajstić information content (AvgIpc) is 2.23. The van der Waals surface area contributed by atoms with E-state index in [1.165, 1.54) is 0 Å². The average molecular weight is 283 g/mol. The van der Waals surface area contributed by atoms with Crippen LogP contribution in [0.25, 0.3) is 0 Å². The predicted molar refractivity (Wildman–Crippen MR) is 59.6 cm³/mol. The van der Waals surface area contributed by atoms with Gasteiger partial charge in [-0.05, 0) is 30.7 Å². The molecule has 1 rings (SSSR count). The lowest BCUT2D eigenvalue weighted by Gasteiger charge is -2.23. The van der Waals surface area contributed by atoms with Crippen LogP contribution in [0.2, 0.25) is 0 Å². The third kappa shape index (κ3) is 5.02. The van der Waals surface area contributed by atoms with Crippen LogP contribution >= 0.6 is 0 Å². The van der Waals surface area contributed by atoms with Gasteiger partial charge in [0.2, 0.25) is 0 Å². The van der Waals surface area contributed by atoms with Gasteiger partial charge in [-0.2, -0.15) is 13.2 Å². The Balaban J connectivity index is 2.84. The second-order valence-corrected chi connectivity index (χ2v) is 4.23. The van der Waals surface area contributed by atoms with Crippen molar-refractivity contribution < 1.29 is 27.1 Å². The number of nitrogens with zero attached hydrogens (tertiary/aromatic N) is 1. The first-order chi connectivity index (χ1) is 8.73. The zero-order valence-corrected chi connectivity index (χ0v) is 10.3. The summed E-state index contributed by atoms with van der Waals surface area (Å²) in [6.07, 6.45) is -3.89. The molecule has 0 amide bonds. The fourth-order valence-corrected chi connectivity index (χ4v) is 1.75. The molecule has 1 N–H and O–H groups in total. The maximum Gasteiger partial charge on any atom is 0.401 e. The van der Waals surface area contributed by atoms with Gasteiger partial charge in [-0.25, -0.2) is 8.78 Å². The van der Waals surface area contributed by atoms with Crippen LogP contribution < -0.4 is 0 Å². The summed E-state index contributed by atoms with van der Waals surface area (Å²) in [4.78, 5) is 1.05. The molecule has 0 heterocycles. The highest BCUT2D eigenvalue weighted by molar-refractivity contribution is 5.30. The van der Waals surface area contributed by atoms with Crippen LogP contribution in [0.1, 0.15) is 18.9 Å². The number of phenolic OH excluding ortho intramolecular Hbond substituents is 1. The maximum absolute atomic E-state index is 13.1. The molecule has 19 heavy (non-hydrogen) atoms. The second-order valence-electron chi connectivity index (χ2n) is 4.23. The van der Waals surface area contributed by atoms with Crippen molar-refractivity contribution in [2.24, 2.45) is 0 Å². The normalized spacial score (nSPS) is 12.2. The molecular formula is C12H14F5NO. The van der Waals surface area contributed by atoms with Crippen molar-refractivity contribution in [1.82, 2.24) is 4.90 Å². The van der Waals surface area contributed by atoms with E-state index < -0.39 is 30.1 Å². The molecule has 1 aromatic carbocycles. The zero-order valence-electron chi connectivity index (χ0n) is 10.3. The number of benzene rings is 1. The highest BCUT2D eigenvalue weighted by Crippen LogP contribution is 2.23. The SMILES string of the molecule is CCCN(Cc1cc(F)c(O)c(F)c1)CC(F)(F)F. The monoisotopic (exact) mass is 283 g/mol. The van der Waals surface area contributed by atoms with Gasteiger partial charge in [0.15, 0.2) is 17.4 Å². The standard InChI is InChI=1S/C12H14F5NO/c1-2-3-18(7-12(15,16)17)6-8-4-9(13)11(19)10(14)5-8/h4-5,19H,2-3,6-7H2,1H3. The first-order valence-electron chi connectivity index (χ1n) is 5.69. The summed E-state index contributed by atoms with van der Waals surface area (Å²) in [6, 6.07) is 1.66. The van der Waals surface area contributed by atoms with Crippen LogP contribution in [0.4, 0.5) is 22.0 Å². The first-order valence-corrected chi connectivity index (χ1v) is 5.69. The van der Waals surface area contributed by atoms with E-state index in [4.69, 9.17) is 5.11 Å². The third-order valence-electron chi connectivity index (χ3n) is 2.43. The molecule has 0 spiro atoms. The Morgan fingerprint density at radius 1 is 1.16 bits per heavy atom. The molecule has 0 bridgehead atoms. The quantitative estimate of drug-likeness (QED) is 0.837. The minimum Gasteiger partial charge on any atom is -0.503 e. The first kappa shape index (κ1) is 15.7. The molecule has 7 heteroatoms. The van der Waals surface area contributed by atoms with Gasteiger partial charge in [0, 0.05) is 6.54 Å².